The molecule has 0 fully saturated rings. The molecule has 0 spiro atoms. The van der Waals surface area contributed by atoms with Gasteiger partial charge in [-0.2, -0.15) is 23.5 Å². The van der Waals surface area contributed by atoms with Gasteiger partial charge in [0.15, 0.2) is 0 Å². The molecule has 0 amide bonds. The number of carbonyl (C=O) groups is 1. The van der Waals surface area contributed by atoms with Crippen LogP contribution in [0.4, 0.5) is 0 Å². The van der Waals surface area contributed by atoms with E-state index in [0.29, 0.717) is 23.7 Å². The van der Waals surface area contributed by atoms with Crippen LogP contribution in [0.25, 0.3) is 0 Å². The molecule has 0 heterocycles. The van der Waals surface area contributed by atoms with E-state index >= 15 is 0 Å². The lowest BCUT2D eigenvalue weighted by atomic mass is 9.80. The number of aliphatic hydroxyl groups is 1. The fourth-order valence-corrected chi connectivity index (χ4v) is 9.57. The molecule has 57 heavy (non-hydrogen) atoms. The SMILES string of the molecule is C=CC(=O)Oc1c(Cc2cc(C)cc(C(C)(C)C)c2O)cc(C)cc1C(C)(C)C.CCCCCCCCSCC1=CC=C(O)C(C)(CSCCCCCCCC)C1. The number of thioether (sulfide) groups is 2. The monoisotopic (exact) mass is 821 g/mol. The third-order valence-corrected chi connectivity index (χ3v) is 13.3. The summed E-state index contributed by atoms with van der Waals surface area (Å²) in [5, 5.41) is 21.5. The van der Waals surface area contributed by atoms with Gasteiger partial charge in [-0.25, -0.2) is 4.79 Å². The minimum Gasteiger partial charge on any atom is -0.512 e. The lowest BCUT2D eigenvalue weighted by Gasteiger charge is -2.32. The molecule has 2 aromatic rings. The van der Waals surface area contributed by atoms with Crippen molar-refractivity contribution >= 4 is 29.5 Å². The number of hydrogen-bond acceptors (Lipinski definition) is 6. The van der Waals surface area contributed by atoms with Crippen LogP contribution in [0.15, 0.2) is 60.4 Å². The predicted octanol–water partition coefficient (Wildman–Crippen LogP) is 15.2. The number of rotatable bonds is 22. The van der Waals surface area contributed by atoms with E-state index in [9.17, 15) is 15.0 Å². The second kappa shape index (κ2) is 25.1. The molecule has 1 atom stereocenters. The maximum absolute atomic E-state index is 12.1. The van der Waals surface area contributed by atoms with E-state index in [1.165, 1.54) is 100 Å². The van der Waals surface area contributed by atoms with Crippen LogP contribution in [0, 0.1) is 19.3 Å². The van der Waals surface area contributed by atoms with Crippen LogP contribution in [-0.2, 0) is 22.0 Å². The summed E-state index contributed by atoms with van der Waals surface area (Å²) in [4.78, 5) is 12.1. The molecular formula is C51H80O4S2. The number of allylic oxidation sites excluding steroid dienone is 3. The van der Waals surface area contributed by atoms with Crippen LogP contribution >= 0.6 is 23.5 Å². The highest BCUT2D eigenvalue weighted by Crippen LogP contribution is 2.41. The average molecular weight is 821 g/mol. The van der Waals surface area contributed by atoms with Gasteiger partial charge in [0.25, 0.3) is 0 Å². The van der Waals surface area contributed by atoms with Crippen molar-refractivity contribution in [3.05, 3.63) is 93.8 Å². The highest BCUT2D eigenvalue weighted by Gasteiger charge is 2.32. The first-order valence-electron chi connectivity index (χ1n) is 21.9. The minimum absolute atomic E-state index is 0.0579. The van der Waals surface area contributed by atoms with Crippen LogP contribution in [0.2, 0.25) is 0 Å². The Labute approximate surface area is 358 Å². The van der Waals surface area contributed by atoms with Crippen molar-refractivity contribution in [1.82, 2.24) is 0 Å². The number of ether oxygens (including phenoxy) is 1. The molecular weight excluding hydrogens is 741 g/mol. The maximum Gasteiger partial charge on any atom is 0.335 e. The smallest absolute Gasteiger partial charge is 0.335 e. The first-order chi connectivity index (χ1) is 26.9. The summed E-state index contributed by atoms with van der Waals surface area (Å²) < 4.78 is 5.71. The molecule has 0 bridgehead atoms. The van der Waals surface area contributed by atoms with E-state index in [2.05, 4.69) is 92.8 Å². The summed E-state index contributed by atoms with van der Waals surface area (Å²) in [6.45, 7) is 27.0. The molecule has 320 valence electrons. The Hall–Kier alpha value is -2.57. The number of aliphatic hydroxyl groups excluding tert-OH is 1. The quantitative estimate of drug-likeness (QED) is 0.0534. The summed E-state index contributed by atoms with van der Waals surface area (Å²) in [5.41, 5.74) is 6.85. The van der Waals surface area contributed by atoms with E-state index in [-0.39, 0.29) is 16.2 Å². The van der Waals surface area contributed by atoms with Crippen molar-refractivity contribution in [3.8, 4) is 11.5 Å². The normalized spacial score (nSPS) is 15.7. The Morgan fingerprint density at radius 3 is 1.81 bits per heavy atom. The predicted molar refractivity (Wildman–Crippen MR) is 253 cm³/mol. The minimum atomic E-state index is -0.482. The Bertz CT molecular complexity index is 1610. The van der Waals surface area contributed by atoms with E-state index in [4.69, 9.17) is 4.74 Å². The maximum atomic E-state index is 12.1. The van der Waals surface area contributed by atoms with Crippen LogP contribution < -0.4 is 4.74 Å². The topological polar surface area (TPSA) is 66.8 Å². The van der Waals surface area contributed by atoms with E-state index < -0.39 is 5.97 Å². The van der Waals surface area contributed by atoms with Gasteiger partial charge in [0.05, 0.1) is 5.76 Å². The standard InChI is InChI=1S/C26H34O3.C25H46OS2/c1-10-22(27)29-24-19(12-17(3)14-21(24)26(7,8)9)15-18-11-16(2)13-20(23(18)28)25(4,5)6;1-4-6-8-10-12-14-18-27-21-23-16-17-24(26)25(3,20-23)22-28-19-15-13-11-9-7-5-2/h10-14,28H,1,15H2,2-9H3;16-17,26H,4-15,18-22H2,1-3H3. The van der Waals surface area contributed by atoms with Gasteiger partial charge >= 0.3 is 5.97 Å². The zero-order valence-corrected chi connectivity index (χ0v) is 39.6. The third-order valence-electron chi connectivity index (χ3n) is 10.7. The molecule has 4 nitrogen and oxygen atoms in total. The van der Waals surface area contributed by atoms with Crippen molar-refractivity contribution < 1.29 is 19.7 Å². The zero-order valence-electron chi connectivity index (χ0n) is 38.0. The van der Waals surface area contributed by atoms with Gasteiger partial charge in [0, 0.05) is 35.0 Å². The van der Waals surface area contributed by atoms with E-state index in [0.717, 1.165) is 51.3 Å². The van der Waals surface area contributed by atoms with Crippen molar-refractivity contribution in [3.63, 3.8) is 0 Å². The number of esters is 1. The summed E-state index contributed by atoms with van der Waals surface area (Å²) in [6.07, 6.45) is 23.3. The van der Waals surface area contributed by atoms with Gasteiger partial charge < -0.3 is 14.9 Å². The molecule has 6 heteroatoms. The largest absolute Gasteiger partial charge is 0.512 e. The van der Waals surface area contributed by atoms with E-state index in [1.807, 2.05) is 49.9 Å². The highest BCUT2D eigenvalue weighted by atomic mass is 32.2. The molecule has 1 aliphatic rings. The molecule has 0 saturated carbocycles. The fourth-order valence-electron chi connectivity index (χ4n) is 7.31. The lowest BCUT2D eigenvalue weighted by molar-refractivity contribution is -0.129. The van der Waals surface area contributed by atoms with Gasteiger partial charge in [-0.15, -0.1) is 0 Å². The van der Waals surface area contributed by atoms with Gasteiger partial charge in [-0.3, -0.25) is 0 Å². The van der Waals surface area contributed by atoms with Crippen molar-refractivity contribution in [1.29, 1.82) is 0 Å². The lowest BCUT2D eigenvalue weighted by Crippen LogP contribution is -2.26. The number of aryl methyl sites for hydroxylation is 2. The van der Waals surface area contributed by atoms with Gasteiger partial charge in [0.2, 0.25) is 0 Å². The average Bonchev–Trinajstić information content (AvgIpc) is 3.13. The van der Waals surface area contributed by atoms with Crippen LogP contribution in [0.3, 0.4) is 0 Å². The molecule has 0 radical (unpaired) electrons. The molecule has 0 aromatic heterocycles. The summed E-state index contributed by atoms with van der Waals surface area (Å²) >= 11 is 4.12. The Morgan fingerprint density at radius 2 is 1.26 bits per heavy atom. The molecule has 0 saturated heterocycles. The van der Waals surface area contributed by atoms with Gasteiger partial charge in [-0.1, -0.05) is 180 Å². The number of benzene rings is 2. The van der Waals surface area contributed by atoms with E-state index in [1.54, 1.807) is 0 Å². The number of hydrogen-bond donors (Lipinski definition) is 2. The fraction of sp³-hybridized carbons (Fsp3) is 0.627. The molecule has 2 aromatic carbocycles. The van der Waals surface area contributed by atoms with Crippen LogP contribution in [0.1, 0.15) is 179 Å². The summed E-state index contributed by atoms with van der Waals surface area (Å²) in [5.74, 6) is 5.68. The summed E-state index contributed by atoms with van der Waals surface area (Å²) in [6, 6.07) is 8.13. The molecule has 3 rings (SSSR count). The Balaban J connectivity index is 0.000000394. The zero-order chi connectivity index (χ0) is 42.6. The van der Waals surface area contributed by atoms with Crippen molar-refractivity contribution in [2.75, 3.05) is 23.0 Å². The number of aromatic hydroxyl groups is 1. The molecule has 1 unspecified atom stereocenters. The Kier molecular flexibility index (Phi) is 22.3. The first kappa shape index (κ1) is 50.6. The second-order valence-corrected chi connectivity index (χ2v) is 20.9. The number of phenols is 1. The second-order valence-electron chi connectivity index (χ2n) is 18.7. The van der Waals surface area contributed by atoms with Gasteiger partial charge in [-0.05, 0) is 78.2 Å². The van der Waals surface area contributed by atoms with Gasteiger partial charge in [0.1, 0.15) is 11.5 Å². The van der Waals surface area contributed by atoms with Crippen LogP contribution in [-0.4, -0.2) is 39.2 Å². The van der Waals surface area contributed by atoms with Crippen molar-refractivity contribution in [2.45, 2.75) is 177 Å². The third kappa shape index (κ3) is 18.1. The number of carbonyl (C=O) groups excluding carboxylic acids is 1. The first-order valence-corrected chi connectivity index (χ1v) is 24.2. The Morgan fingerprint density at radius 1 is 0.754 bits per heavy atom. The molecule has 2 N–H and O–H groups in total. The summed E-state index contributed by atoms with van der Waals surface area (Å²) in [7, 11) is 0. The highest BCUT2D eigenvalue weighted by molar-refractivity contribution is 7.99. The molecule has 1 aliphatic carbocycles. The number of phenolic OH excluding ortho intramolecular Hbond substituents is 1. The van der Waals surface area contributed by atoms with Crippen LogP contribution in [0.5, 0.6) is 11.5 Å². The molecule has 0 aliphatic heterocycles. The number of unbranched alkanes of at least 4 members (excludes halogenated alkanes) is 10. The van der Waals surface area contributed by atoms with Crippen molar-refractivity contribution in [2.24, 2.45) is 5.41 Å².